The first-order chi connectivity index (χ1) is 4.46. The van der Waals surface area contributed by atoms with Gasteiger partial charge < -0.3 is 61.2 Å². The van der Waals surface area contributed by atoms with E-state index in [-0.39, 0.29) is 8.64 Å². The van der Waals surface area contributed by atoms with Gasteiger partial charge in [0.25, 0.3) is 0 Å². The molecule has 0 saturated heterocycles. The molecule has 0 aliphatic rings. The SMILES string of the molecule is NC(=S)[S-].NC(=S)[S-].[CH3][Sb+2]. The molecule has 2 nitrogen and oxygen atoms in total. The van der Waals surface area contributed by atoms with E-state index in [9.17, 15) is 0 Å². The minimum absolute atomic E-state index is 0.0833. The van der Waals surface area contributed by atoms with Crippen LogP contribution in [0, 0.1) is 0 Å². The zero-order valence-corrected chi connectivity index (χ0v) is 11.1. The molecule has 0 unspecified atom stereocenters. The summed E-state index contributed by atoms with van der Waals surface area (Å²) < 4.78 is 0.167. The number of thiocarbonyl (C=S) groups is 2. The van der Waals surface area contributed by atoms with Gasteiger partial charge in [-0.1, -0.05) is 8.64 Å². The Labute approximate surface area is 96.8 Å². The Morgan fingerprint density at radius 2 is 1.10 bits per heavy atom. The zero-order chi connectivity index (χ0) is 9.15. The van der Waals surface area contributed by atoms with Gasteiger partial charge in [-0.2, -0.15) is 0 Å². The summed E-state index contributed by atoms with van der Waals surface area (Å²) in [7, 11) is 0. The molecule has 0 spiro atoms. The quantitative estimate of drug-likeness (QED) is 0.365. The van der Waals surface area contributed by atoms with Crippen molar-refractivity contribution in [1.29, 1.82) is 0 Å². The Morgan fingerprint density at radius 1 is 1.10 bits per heavy atom. The van der Waals surface area contributed by atoms with E-state index in [0.717, 1.165) is 0 Å². The van der Waals surface area contributed by atoms with E-state index in [2.05, 4.69) is 66.0 Å². The molecule has 0 bridgehead atoms. The van der Waals surface area contributed by atoms with E-state index in [4.69, 9.17) is 0 Å². The summed E-state index contributed by atoms with van der Waals surface area (Å²) in [5.74, 6) is 0. The van der Waals surface area contributed by atoms with Crippen LogP contribution < -0.4 is 11.5 Å². The van der Waals surface area contributed by atoms with Gasteiger partial charge in [0.1, 0.15) is 0 Å². The standard InChI is InChI=1S/2CH3NS2.CH3.Sb/c2*2-1(3)4;;/h2*(H3,2,3,4);1H3;/q;;;+2/p-2. The molecule has 0 amide bonds. The number of hydrogen-bond acceptors (Lipinski definition) is 4. The van der Waals surface area contributed by atoms with E-state index < -0.39 is 0 Å². The Morgan fingerprint density at radius 3 is 1.10 bits per heavy atom. The van der Waals surface area contributed by atoms with Gasteiger partial charge in [0.2, 0.25) is 0 Å². The summed E-state index contributed by atoms with van der Waals surface area (Å²) in [6.07, 6.45) is 0. The predicted octanol–water partition coefficient (Wildman–Crippen LogP) is -0.243. The van der Waals surface area contributed by atoms with Crippen LogP contribution in [0.2, 0.25) is 4.87 Å². The molecule has 0 rings (SSSR count). The summed E-state index contributed by atoms with van der Waals surface area (Å²) >= 11 is 18.3. The van der Waals surface area contributed by atoms with Crippen LogP contribution in [0.1, 0.15) is 0 Å². The van der Waals surface area contributed by atoms with Crippen LogP contribution in [0.15, 0.2) is 0 Å². The van der Waals surface area contributed by atoms with Crippen LogP contribution in [0.25, 0.3) is 0 Å². The molecule has 0 aromatic heterocycles. The van der Waals surface area contributed by atoms with Crippen molar-refractivity contribution in [2.24, 2.45) is 11.5 Å². The fourth-order valence-electron chi connectivity index (χ4n) is 0. The second kappa shape index (κ2) is 16.6. The first kappa shape index (κ1) is 17.2. The molecule has 0 aliphatic carbocycles. The maximum absolute atomic E-state index is 4.66. The normalized spacial score (nSPS) is 5.30. The average Bonchev–Trinajstić information content (AvgIpc) is 1.66. The van der Waals surface area contributed by atoms with Crippen molar-refractivity contribution in [3.8, 4) is 0 Å². The van der Waals surface area contributed by atoms with E-state index in [1.165, 1.54) is 0 Å². The van der Waals surface area contributed by atoms with E-state index in [0.29, 0.717) is 0 Å². The van der Waals surface area contributed by atoms with Crippen molar-refractivity contribution >= 4 is 81.4 Å². The molecule has 0 heterocycles. The Hall–Kier alpha value is 1.04. The molecule has 0 aromatic carbocycles. The number of nitrogens with two attached hydrogens (primary N) is 2. The van der Waals surface area contributed by atoms with Crippen molar-refractivity contribution < 1.29 is 0 Å². The van der Waals surface area contributed by atoms with Crippen LogP contribution in [0.3, 0.4) is 0 Å². The first-order valence-electron chi connectivity index (χ1n) is 1.84. The van der Waals surface area contributed by atoms with Crippen molar-refractivity contribution in [2.75, 3.05) is 0 Å². The monoisotopic (exact) mass is 320 g/mol. The van der Waals surface area contributed by atoms with Crippen LogP contribution in [-0.4, -0.2) is 31.7 Å². The van der Waals surface area contributed by atoms with Crippen LogP contribution >= 0.6 is 24.4 Å². The Kier molecular flexibility index (Phi) is 28.5. The summed E-state index contributed by atoms with van der Waals surface area (Å²) in [5, 5.41) is 0. The fraction of sp³-hybridized carbons (Fsp3) is 0.333. The second-order valence-corrected chi connectivity index (χ2v) is 2.91. The third-order valence-corrected chi connectivity index (χ3v) is 0. The topological polar surface area (TPSA) is 52.0 Å². The molecule has 0 saturated carbocycles. The van der Waals surface area contributed by atoms with Crippen molar-refractivity contribution in [3.05, 3.63) is 0 Å². The average molecular weight is 321 g/mol. The van der Waals surface area contributed by atoms with Crippen LogP contribution in [0.5, 0.6) is 0 Å². The Balaban J connectivity index is -0.0000000787. The minimum atomic E-state index is 0.0833. The second-order valence-electron chi connectivity index (χ2n) is 0.638. The number of hydrogen-bond donors (Lipinski definition) is 2. The van der Waals surface area contributed by atoms with Crippen molar-refractivity contribution in [2.45, 2.75) is 4.87 Å². The maximum atomic E-state index is 4.66. The molecule has 0 fully saturated rings. The van der Waals surface area contributed by atoms with Gasteiger partial charge in [0.05, 0.1) is 0 Å². The molecule has 0 aliphatic heterocycles. The number of rotatable bonds is 0. The van der Waals surface area contributed by atoms with Gasteiger partial charge in [-0.15, -0.1) is 0 Å². The molecular weight excluding hydrogens is 314 g/mol. The van der Waals surface area contributed by atoms with Gasteiger partial charge in [-0.05, 0) is 0 Å². The fourth-order valence-corrected chi connectivity index (χ4v) is 0. The van der Waals surface area contributed by atoms with Crippen LogP contribution in [-0.2, 0) is 25.3 Å². The third-order valence-electron chi connectivity index (χ3n) is 0. The summed E-state index contributed by atoms with van der Waals surface area (Å²) in [4.78, 5) is 2.05. The van der Waals surface area contributed by atoms with Crippen LogP contribution in [0.4, 0.5) is 0 Å². The van der Waals surface area contributed by atoms with E-state index in [1.54, 1.807) is 23.0 Å². The third kappa shape index (κ3) is 542. The van der Waals surface area contributed by atoms with Crippen molar-refractivity contribution in [1.82, 2.24) is 0 Å². The first-order valence-corrected chi connectivity index (χ1v) is 6.03. The Bertz CT molecular complexity index is 76.5. The molecular formula is C3H7N2S4Sb. The molecule has 7 heteroatoms. The summed E-state index contributed by atoms with van der Waals surface area (Å²) in [5.41, 5.74) is 9.31. The van der Waals surface area contributed by atoms with Gasteiger partial charge in [0.15, 0.2) is 0 Å². The van der Waals surface area contributed by atoms with Crippen molar-refractivity contribution in [3.63, 3.8) is 0 Å². The van der Waals surface area contributed by atoms with E-state index >= 15 is 0 Å². The molecule has 2 radical (unpaired) electrons. The van der Waals surface area contributed by atoms with Gasteiger partial charge in [-0.3, -0.25) is 0 Å². The molecule has 0 atom stereocenters. The molecule has 58 valence electrons. The zero-order valence-electron chi connectivity index (χ0n) is 5.23. The molecule has 10 heavy (non-hydrogen) atoms. The van der Waals surface area contributed by atoms with E-state index in [1.807, 2.05) is 0 Å². The summed E-state index contributed by atoms with van der Waals surface area (Å²) in [6.45, 7) is 0. The molecule has 4 N–H and O–H groups in total. The van der Waals surface area contributed by atoms with Gasteiger partial charge >= 0.3 is 27.9 Å². The van der Waals surface area contributed by atoms with Gasteiger partial charge in [-0.25, -0.2) is 0 Å². The van der Waals surface area contributed by atoms with Gasteiger partial charge in [0, 0.05) is 0 Å². The summed E-state index contributed by atoms with van der Waals surface area (Å²) in [6, 6.07) is 0. The molecule has 0 aromatic rings. The predicted molar refractivity (Wildman–Crippen MR) is 59.9 cm³/mol.